The van der Waals surface area contributed by atoms with E-state index in [9.17, 15) is 0 Å². The average Bonchev–Trinajstić information content (AvgIpc) is 2.03. The standard InChI is InChI=1S/C12H25N/c1-9(2)12-7-6-8-13(10(3)4)11(12)5/h9-12H,6-8H2,1-5H3/t11-,12+/m0/s1. The normalized spacial score (nSPS) is 31.6. The molecule has 1 fully saturated rings. The van der Waals surface area contributed by atoms with Crippen molar-refractivity contribution in [3.8, 4) is 0 Å². The molecule has 0 amide bonds. The molecule has 1 heteroatoms. The van der Waals surface area contributed by atoms with Crippen molar-refractivity contribution < 1.29 is 0 Å². The summed E-state index contributed by atoms with van der Waals surface area (Å²) in [6, 6.07) is 1.50. The summed E-state index contributed by atoms with van der Waals surface area (Å²) in [4.78, 5) is 2.66. The highest BCUT2D eigenvalue weighted by Gasteiger charge is 2.30. The summed E-state index contributed by atoms with van der Waals surface area (Å²) in [6.07, 6.45) is 2.83. The molecule has 0 unspecified atom stereocenters. The van der Waals surface area contributed by atoms with Crippen LogP contribution in [0.25, 0.3) is 0 Å². The molecule has 0 aromatic rings. The highest BCUT2D eigenvalue weighted by molar-refractivity contribution is 4.84. The van der Waals surface area contributed by atoms with Crippen molar-refractivity contribution >= 4 is 0 Å². The lowest BCUT2D eigenvalue weighted by Crippen LogP contribution is -2.48. The fourth-order valence-corrected chi connectivity index (χ4v) is 2.82. The summed E-state index contributed by atoms with van der Waals surface area (Å²) in [5.41, 5.74) is 0. The van der Waals surface area contributed by atoms with E-state index in [0.29, 0.717) is 0 Å². The van der Waals surface area contributed by atoms with Crippen LogP contribution in [0.2, 0.25) is 0 Å². The van der Waals surface area contributed by atoms with Gasteiger partial charge in [-0.1, -0.05) is 13.8 Å². The molecule has 1 saturated heterocycles. The van der Waals surface area contributed by atoms with Crippen LogP contribution in [0.15, 0.2) is 0 Å². The summed E-state index contributed by atoms with van der Waals surface area (Å²) >= 11 is 0. The summed E-state index contributed by atoms with van der Waals surface area (Å²) in [5, 5.41) is 0. The summed E-state index contributed by atoms with van der Waals surface area (Å²) < 4.78 is 0. The number of nitrogens with zero attached hydrogens (tertiary/aromatic N) is 1. The third kappa shape index (κ3) is 2.46. The molecule has 1 aliphatic rings. The van der Waals surface area contributed by atoms with Crippen molar-refractivity contribution in [2.75, 3.05) is 6.54 Å². The van der Waals surface area contributed by atoms with Crippen molar-refractivity contribution in [2.24, 2.45) is 11.8 Å². The predicted octanol–water partition coefficient (Wildman–Crippen LogP) is 3.15. The molecule has 0 bridgehead atoms. The minimum absolute atomic E-state index is 0.719. The van der Waals surface area contributed by atoms with Gasteiger partial charge in [0, 0.05) is 12.1 Å². The molecule has 0 radical (unpaired) electrons. The summed E-state index contributed by atoms with van der Waals surface area (Å²) in [7, 11) is 0. The fourth-order valence-electron chi connectivity index (χ4n) is 2.82. The number of piperidine rings is 1. The molecule has 78 valence electrons. The molecule has 0 aliphatic carbocycles. The molecule has 0 aromatic heterocycles. The predicted molar refractivity (Wildman–Crippen MR) is 58.9 cm³/mol. The lowest BCUT2D eigenvalue weighted by atomic mass is 9.81. The second-order valence-electron chi connectivity index (χ2n) is 5.12. The molecule has 0 spiro atoms. The van der Waals surface area contributed by atoms with Gasteiger partial charge >= 0.3 is 0 Å². The third-order valence-electron chi connectivity index (χ3n) is 3.62. The first-order chi connectivity index (χ1) is 6.04. The second-order valence-corrected chi connectivity index (χ2v) is 5.12. The van der Waals surface area contributed by atoms with Crippen molar-refractivity contribution in [2.45, 2.75) is 59.5 Å². The van der Waals surface area contributed by atoms with Crippen LogP contribution in [0, 0.1) is 11.8 Å². The maximum absolute atomic E-state index is 2.66. The van der Waals surface area contributed by atoms with Gasteiger partial charge in [0.1, 0.15) is 0 Å². The highest BCUT2D eigenvalue weighted by atomic mass is 15.2. The first kappa shape index (κ1) is 11.0. The first-order valence-corrected chi connectivity index (χ1v) is 5.79. The van der Waals surface area contributed by atoms with E-state index in [2.05, 4.69) is 39.5 Å². The summed E-state index contributed by atoms with van der Waals surface area (Å²) in [5.74, 6) is 1.76. The van der Waals surface area contributed by atoms with Crippen LogP contribution >= 0.6 is 0 Å². The Morgan fingerprint density at radius 1 is 1.15 bits per heavy atom. The monoisotopic (exact) mass is 183 g/mol. The number of likely N-dealkylation sites (tertiary alicyclic amines) is 1. The van der Waals surface area contributed by atoms with Crippen molar-refractivity contribution in [1.82, 2.24) is 4.90 Å². The molecule has 0 N–H and O–H groups in total. The van der Waals surface area contributed by atoms with Gasteiger partial charge in [0.2, 0.25) is 0 Å². The Labute approximate surface area is 83.5 Å². The SMILES string of the molecule is CC(C)[C@H]1CCCN(C(C)C)[C@H]1C. The first-order valence-electron chi connectivity index (χ1n) is 5.79. The fraction of sp³-hybridized carbons (Fsp3) is 1.00. The molecule has 13 heavy (non-hydrogen) atoms. The maximum Gasteiger partial charge on any atom is 0.0100 e. The quantitative estimate of drug-likeness (QED) is 0.635. The largest absolute Gasteiger partial charge is 0.298 e. The molecule has 1 nitrogen and oxygen atoms in total. The molecular weight excluding hydrogens is 158 g/mol. The minimum atomic E-state index is 0.719. The maximum atomic E-state index is 2.66. The lowest BCUT2D eigenvalue weighted by molar-refractivity contribution is 0.0543. The van der Waals surface area contributed by atoms with Crippen LogP contribution in [-0.4, -0.2) is 23.5 Å². The Balaban J connectivity index is 2.60. The van der Waals surface area contributed by atoms with Gasteiger partial charge < -0.3 is 0 Å². The molecule has 1 heterocycles. The topological polar surface area (TPSA) is 3.24 Å². The summed E-state index contributed by atoms with van der Waals surface area (Å²) in [6.45, 7) is 13.1. The van der Waals surface area contributed by atoms with Crippen molar-refractivity contribution in [1.29, 1.82) is 0 Å². The Kier molecular flexibility index (Phi) is 3.78. The van der Waals surface area contributed by atoms with E-state index < -0.39 is 0 Å². The molecular formula is C12H25N. The van der Waals surface area contributed by atoms with Crippen molar-refractivity contribution in [3.05, 3.63) is 0 Å². The van der Waals surface area contributed by atoms with Crippen LogP contribution in [0.5, 0.6) is 0 Å². The van der Waals surface area contributed by atoms with Gasteiger partial charge in [-0.15, -0.1) is 0 Å². The molecule has 0 saturated carbocycles. The van der Waals surface area contributed by atoms with E-state index in [1.807, 2.05) is 0 Å². The Bertz CT molecular complexity index is 135. The van der Waals surface area contributed by atoms with Gasteiger partial charge in [-0.2, -0.15) is 0 Å². The average molecular weight is 183 g/mol. The number of rotatable bonds is 2. The van der Waals surface area contributed by atoms with Crippen LogP contribution in [0.4, 0.5) is 0 Å². The van der Waals surface area contributed by atoms with Gasteiger partial charge in [0.25, 0.3) is 0 Å². The molecule has 1 rings (SSSR count). The van der Waals surface area contributed by atoms with Crippen molar-refractivity contribution in [3.63, 3.8) is 0 Å². The van der Waals surface area contributed by atoms with Gasteiger partial charge in [0.05, 0.1) is 0 Å². The van der Waals surface area contributed by atoms with E-state index in [-0.39, 0.29) is 0 Å². The Morgan fingerprint density at radius 2 is 1.77 bits per heavy atom. The van der Waals surface area contributed by atoms with E-state index >= 15 is 0 Å². The number of hydrogen-bond donors (Lipinski definition) is 0. The molecule has 1 aliphatic heterocycles. The van der Waals surface area contributed by atoms with Crippen LogP contribution in [0.3, 0.4) is 0 Å². The van der Waals surface area contributed by atoms with Crippen LogP contribution < -0.4 is 0 Å². The Hall–Kier alpha value is -0.0400. The second kappa shape index (κ2) is 4.45. The van der Waals surface area contributed by atoms with Gasteiger partial charge in [-0.3, -0.25) is 4.90 Å². The highest BCUT2D eigenvalue weighted by Crippen LogP contribution is 2.30. The zero-order valence-electron chi connectivity index (χ0n) is 9.88. The van der Waals surface area contributed by atoms with Crippen LogP contribution in [-0.2, 0) is 0 Å². The minimum Gasteiger partial charge on any atom is -0.298 e. The van der Waals surface area contributed by atoms with Gasteiger partial charge in [-0.25, -0.2) is 0 Å². The zero-order valence-corrected chi connectivity index (χ0v) is 9.88. The molecule has 2 atom stereocenters. The lowest BCUT2D eigenvalue weighted by Gasteiger charge is -2.43. The molecule has 0 aromatic carbocycles. The van der Waals surface area contributed by atoms with E-state index in [4.69, 9.17) is 0 Å². The number of hydrogen-bond acceptors (Lipinski definition) is 1. The zero-order chi connectivity index (χ0) is 10.0. The Morgan fingerprint density at radius 3 is 2.23 bits per heavy atom. The van der Waals surface area contributed by atoms with E-state index in [1.54, 1.807) is 0 Å². The van der Waals surface area contributed by atoms with Crippen LogP contribution in [0.1, 0.15) is 47.5 Å². The van der Waals surface area contributed by atoms with Gasteiger partial charge in [-0.05, 0) is 52.0 Å². The van der Waals surface area contributed by atoms with E-state index in [0.717, 1.165) is 23.9 Å². The van der Waals surface area contributed by atoms with E-state index in [1.165, 1.54) is 19.4 Å². The van der Waals surface area contributed by atoms with Gasteiger partial charge in [0.15, 0.2) is 0 Å². The smallest absolute Gasteiger partial charge is 0.0100 e. The third-order valence-corrected chi connectivity index (χ3v) is 3.62.